The number of alkyl halides is 3. The highest BCUT2D eigenvalue weighted by Crippen LogP contribution is 2.33. The van der Waals surface area contributed by atoms with Crippen molar-refractivity contribution in [2.24, 2.45) is 0 Å². The minimum absolute atomic E-state index is 0.146. The summed E-state index contributed by atoms with van der Waals surface area (Å²) >= 11 is 5.68. The van der Waals surface area contributed by atoms with E-state index in [0.717, 1.165) is 6.07 Å². The van der Waals surface area contributed by atoms with Crippen molar-refractivity contribution in [1.82, 2.24) is 4.72 Å². The van der Waals surface area contributed by atoms with Crippen molar-refractivity contribution in [2.75, 3.05) is 5.32 Å². The van der Waals surface area contributed by atoms with Gasteiger partial charge in [0.25, 0.3) is 0 Å². The average molecular weight is 425 g/mol. The molecule has 0 fully saturated rings. The van der Waals surface area contributed by atoms with Crippen LogP contribution >= 0.6 is 11.6 Å². The van der Waals surface area contributed by atoms with Gasteiger partial charge in [0.2, 0.25) is 15.9 Å². The fourth-order valence-electron chi connectivity index (χ4n) is 2.04. The Labute approximate surface area is 157 Å². The Morgan fingerprint density at radius 2 is 1.70 bits per heavy atom. The molecule has 0 aliphatic rings. The van der Waals surface area contributed by atoms with Gasteiger partial charge in [-0.2, -0.15) is 17.9 Å². The molecule has 0 unspecified atom stereocenters. The standard InChI is InChI=1S/C16H13ClF4N2O3S/c1-9(23-27(25,26)12-5-2-10(17)3-6-12)15(24)22-11-4-7-14(18)13(8-11)16(19,20)21/h2-9,23H,1H3,(H,22,24)/t9-/m1/s1. The zero-order valence-corrected chi connectivity index (χ0v) is 15.2. The minimum atomic E-state index is -4.94. The predicted molar refractivity (Wildman–Crippen MR) is 91.3 cm³/mol. The molecule has 0 heterocycles. The second-order valence-electron chi connectivity index (χ2n) is 5.48. The van der Waals surface area contributed by atoms with Crippen LogP contribution in [0.4, 0.5) is 23.2 Å². The monoisotopic (exact) mass is 424 g/mol. The average Bonchev–Trinajstić information content (AvgIpc) is 2.55. The third-order valence-corrected chi connectivity index (χ3v) is 5.20. The summed E-state index contributed by atoms with van der Waals surface area (Å²) in [5, 5.41) is 2.43. The van der Waals surface area contributed by atoms with E-state index in [1.807, 2.05) is 0 Å². The fourth-order valence-corrected chi connectivity index (χ4v) is 3.37. The van der Waals surface area contributed by atoms with Gasteiger partial charge in [-0.15, -0.1) is 0 Å². The summed E-state index contributed by atoms with van der Waals surface area (Å²) in [7, 11) is -4.06. The number of amides is 1. The number of carbonyl (C=O) groups excluding carboxylic acids is 1. The molecule has 0 saturated heterocycles. The van der Waals surface area contributed by atoms with Crippen LogP contribution in [0.3, 0.4) is 0 Å². The van der Waals surface area contributed by atoms with E-state index in [4.69, 9.17) is 11.6 Å². The molecule has 5 nitrogen and oxygen atoms in total. The van der Waals surface area contributed by atoms with E-state index in [-0.39, 0.29) is 10.6 Å². The molecule has 0 aliphatic carbocycles. The fraction of sp³-hybridized carbons (Fsp3) is 0.188. The second-order valence-corrected chi connectivity index (χ2v) is 7.63. The highest BCUT2D eigenvalue weighted by molar-refractivity contribution is 7.89. The van der Waals surface area contributed by atoms with Crippen LogP contribution in [0.2, 0.25) is 5.02 Å². The number of hydrogen-bond donors (Lipinski definition) is 2. The van der Waals surface area contributed by atoms with E-state index in [2.05, 4.69) is 10.0 Å². The molecule has 0 spiro atoms. The molecule has 2 rings (SSSR count). The number of hydrogen-bond acceptors (Lipinski definition) is 3. The van der Waals surface area contributed by atoms with Gasteiger partial charge in [-0.05, 0) is 49.4 Å². The van der Waals surface area contributed by atoms with Crippen molar-refractivity contribution in [2.45, 2.75) is 24.0 Å². The molecule has 0 bridgehead atoms. The third-order valence-electron chi connectivity index (χ3n) is 3.39. The van der Waals surface area contributed by atoms with Crippen LogP contribution in [0, 0.1) is 5.82 Å². The summed E-state index contributed by atoms with van der Waals surface area (Å²) in [6, 6.07) is 5.74. The first-order valence-corrected chi connectivity index (χ1v) is 9.22. The van der Waals surface area contributed by atoms with Crippen LogP contribution in [0.15, 0.2) is 47.4 Å². The molecular formula is C16H13ClF4N2O3S. The first-order chi connectivity index (χ1) is 12.4. The predicted octanol–water partition coefficient (Wildman–Crippen LogP) is 3.80. The van der Waals surface area contributed by atoms with Gasteiger partial charge in [0, 0.05) is 10.7 Å². The van der Waals surface area contributed by atoms with Gasteiger partial charge in [0.05, 0.1) is 16.5 Å². The summed E-state index contributed by atoms with van der Waals surface area (Å²) < 4.78 is 77.9. The number of sulfonamides is 1. The summed E-state index contributed by atoms with van der Waals surface area (Å²) in [6.07, 6.45) is -4.94. The van der Waals surface area contributed by atoms with Crippen molar-refractivity contribution >= 4 is 33.2 Å². The first kappa shape index (κ1) is 21.1. The Kier molecular flexibility index (Phi) is 6.13. The van der Waals surface area contributed by atoms with Gasteiger partial charge in [-0.3, -0.25) is 4.79 Å². The molecule has 2 aromatic rings. The Balaban J connectivity index is 2.13. The quantitative estimate of drug-likeness (QED) is 0.717. The molecular weight excluding hydrogens is 412 g/mol. The molecule has 1 amide bonds. The SMILES string of the molecule is C[C@@H](NS(=O)(=O)c1ccc(Cl)cc1)C(=O)Nc1ccc(F)c(C(F)(F)F)c1. The third kappa shape index (κ3) is 5.41. The van der Waals surface area contributed by atoms with E-state index >= 15 is 0 Å². The van der Waals surface area contributed by atoms with Crippen molar-refractivity contribution in [1.29, 1.82) is 0 Å². The van der Waals surface area contributed by atoms with Gasteiger partial charge in [-0.25, -0.2) is 12.8 Å². The van der Waals surface area contributed by atoms with Crippen LogP contribution in [0.5, 0.6) is 0 Å². The summed E-state index contributed by atoms with van der Waals surface area (Å²) in [4.78, 5) is 11.9. The Morgan fingerprint density at radius 1 is 1.11 bits per heavy atom. The molecule has 0 aliphatic heterocycles. The van der Waals surface area contributed by atoms with Crippen molar-refractivity contribution in [3.05, 3.63) is 58.9 Å². The van der Waals surface area contributed by atoms with Gasteiger partial charge in [-0.1, -0.05) is 11.6 Å². The van der Waals surface area contributed by atoms with Crippen LogP contribution in [0.25, 0.3) is 0 Å². The summed E-state index contributed by atoms with van der Waals surface area (Å²) in [6.45, 7) is 1.21. The molecule has 11 heteroatoms. The normalized spacial score (nSPS) is 13.3. The first-order valence-electron chi connectivity index (χ1n) is 7.35. The lowest BCUT2D eigenvalue weighted by molar-refractivity contribution is -0.140. The lowest BCUT2D eigenvalue weighted by Crippen LogP contribution is -2.41. The van der Waals surface area contributed by atoms with E-state index in [1.165, 1.54) is 31.2 Å². The number of nitrogens with one attached hydrogen (secondary N) is 2. The Bertz CT molecular complexity index is 947. The number of benzene rings is 2. The minimum Gasteiger partial charge on any atom is -0.325 e. The molecule has 146 valence electrons. The smallest absolute Gasteiger partial charge is 0.325 e. The van der Waals surface area contributed by atoms with Crippen LogP contribution < -0.4 is 10.0 Å². The molecule has 0 saturated carbocycles. The number of carbonyl (C=O) groups is 1. The lowest BCUT2D eigenvalue weighted by Gasteiger charge is -2.15. The number of rotatable bonds is 5. The van der Waals surface area contributed by atoms with Crippen LogP contribution in [-0.2, 0) is 21.0 Å². The lowest BCUT2D eigenvalue weighted by atomic mass is 10.1. The molecule has 1 atom stereocenters. The zero-order chi connectivity index (χ0) is 20.4. The van der Waals surface area contributed by atoms with E-state index in [9.17, 15) is 30.8 Å². The molecule has 0 radical (unpaired) electrons. The van der Waals surface area contributed by atoms with Gasteiger partial charge in [0.15, 0.2) is 0 Å². The highest BCUT2D eigenvalue weighted by Gasteiger charge is 2.34. The number of anilines is 1. The van der Waals surface area contributed by atoms with Gasteiger partial charge in [0.1, 0.15) is 5.82 Å². The topological polar surface area (TPSA) is 75.3 Å². The van der Waals surface area contributed by atoms with Crippen molar-refractivity contribution < 1.29 is 30.8 Å². The van der Waals surface area contributed by atoms with Gasteiger partial charge >= 0.3 is 6.18 Å². The number of halogens is 5. The van der Waals surface area contributed by atoms with Crippen molar-refractivity contribution in [3.8, 4) is 0 Å². The van der Waals surface area contributed by atoms with Crippen molar-refractivity contribution in [3.63, 3.8) is 0 Å². The second kappa shape index (κ2) is 7.83. The Morgan fingerprint density at radius 3 is 2.26 bits per heavy atom. The molecule has 2 N–H and O–H groups in total. The maximum atomic E-state index is 13.3. The molecule has 27 heavy (non-hydrogen) atoms. The Hall–Kier alpha value is -2.17. The van der Waals surface area contributed by atoms with Crippen LogP contribution in [0.1, 0.15) is 12.5 Å². The summed E-state index contributed by atoms with van der Waals surface area (Å²) in [5.41, 5.74) is -1.87. The largest absolute Gasteiger partial charge is 0.419 e. The van der Waals surface area contributed by atoms with E-state index in [1.54, 1.807) is 0 Å². The summed E-state index contributed by atoms with van der Waals surface area (Å²) in [5.74, 6) is -2.41. The van der Waals surface area contributed by atoms with E-state index < -0.39 is 39.5 Å². The van der Waals surface area contributed by atoms with Gasteiger partial charge < -0.3 is 5.32 Å². The molecule has 0 aromatic heterocycles. The van der Waals surface area contributed by atoms with Crippen LogP contribution in [-0.4, -0.2) is 20.4 Å². The highest BCUT2D eigenvalue weighted by atomic mass is 35.5. The maximum Gasteiger partial charge on any atom is 0.419 e. The zero-order valence-electron chi connectivity index (χ0n) is 13.6. The maximum absolute atomic E-state index is 13.3. The molecule has 2 aromatic carbocycles. The van der Waals surface area contributed by atoms with E-state index in [0.29, 0.717) is 17.2 Å².